The predicted molar refractivity (Wildman–Crippen MR) is 96.6 cm³/mol. The fourth-order valence-electron chi connectivity index (χ4n) is 3.30. The molecule has 0 aromatic heterocycles. The average Bonchev–Trinajstić information content (AvgIpc) is 2.42. The third-order valence-corrected chi connectivity index (χ3v) is 4.52. The zero-order chi connectivity index (χ0) is 17.8. The molecule has 4 nitrogen and oxygen atoms in total. The van der Waals surface area contributed by atoms with Gasteiger partial charge in [0.1, 0.15) is 12.1 Å². The highest BCUT2D eigenvalue weighted by Gasteiger charge is 2.30. The van der Waals surface area contributed by atoms with Crippen LogP contribution in [0.1, 0.15) is 84.5 Å². The number of quaternary nitrogens is 1. The molecule has 0 saturated carbocycles. The van der Waals surface area contributed by atoms with Gasteiger partial charge >= 0.3 is 5.97 Å². The number of carboxylic acids is 1. The van der Waals surface area contributed by atoms with Gasteiger partial charge in [0, 0.05) is 0 Å². The van der Waals surface area contributed by atoms with Gasteiger partial charge in [-0.3, -0.25) is 4.79 Å². The van der Waals surface area contributed by atoms with Crippen LogP contribution in [0.4, 0.5) is 0 Å². The number of unbranched alkanes of at least 4 members (excludes halogenated alkanes) is 8. The first-order valence-corrected chi connectivity index (χ1v) is 9.45. The van der Waals surface area contributed by atoms with Crippen molar-refractivity contribution in [2.24, 2.45) is 0 Å². The third kappa shape index (κ3) is 14.7. The number of likely N-dealkylation sites (N-methyl/N-ethyl adjacent to an activating group) is 1. The first-order valence-electron chi connectivity index (χ1n) is 9.45. The second kappa shape index (κ2) is 11.9. The Balaban J connectivity index is 3.76. The van der Waals surface area contributed by atoms with Crippen molar-refractivity contribution in [3.63, 3.8) is 0 Å². The SMILES string of the molecule is CCCCCCCCCCCC(C)(O)C[N+](C)(C)CCC(=O)O. The zero-order valence-corrected chi connectivity index (χ0v) is 15.9. The first kappa shape index (κ1) is 22.4. The highest BCUT2D eigenvalue weighted by molar-refractivity contribution is 5.66. The lowest BCUT2D eigenvalue weighted by Gasteiger charge is -2.36. The minimum atomic E-state index is -0.769. The van der Waals surface area contributed by atoms with Crippen LogP contribution in [0.3, 0.4) is 0 Å². The number of hydrogen-bond donors (Lipinski definition) is 2. The fourth-order valence-corrected chi connectivity index (χ4v) is 3.30. The van der Waals surface area contributed by atoms with Crippen molar-refractivity contribution in [3.8, 4) is 0 Å². The Bertz CT molecular complexity index is 314. The number of hydrogen-bond acceptors (Lipinski definition) is 2. The van der Waals surface area contributed by atoms with E-state index < -0.39 is 11.6 Å². The average molecular weight is 331 g/mol. The van der Waals surface area contributed by atoms with E-state index >= 15 is 0 Å². The van der Waals surface area contributed by atoms with Gasteiger partial charge in [-0.05, 0) is 13.3 Å². The molecule has 0 rings (SSSR count). The maximum absolute atomic E-state index is 10.7. The molecule has 0 aromatic carbocycles. The zero-order valence-electron chi connectivity index (χ0n) is 15.9. The number of aliphatic carboxylic acids is 1. The van der Waals surface area contributed by atoms with Gasteiger partial charge in [0.15, 0.2) is 0 Å². The number of nitrogens with zero attached hydrogens (tertiary/aromatic N) is 1. The van der Waals surface area contributed by atoms with Crippen LogP contribution in [0.25, 0.3) is 0 Å². The molecule has 0 aliphatic rings. The normalized spacial score (nSPS) is 14.7. The summed E-state index contributed by atoms with van der Waals surface area (Å²) in [5, 5.41) is 19.3. The summed E-state index contributed by atoms with van der Waals surface area (Å²) in [6.45, 7) is 5.30. The maximum Gasteiger partial charge on any atom is 0.309 e. The largest absolute Gasteiger partial charge is 0.481 e. The van der Waals surface area contributed by atoms with Gasteiger partial charge in [-0.25, -0.2) is 0 Å². The molecule has 0 aliphatic carbocycles. The van der Waals surface area contributed by atoms with Crippen LogP contribution in [0.5, 0.6) is 0 Å². The van der Waals surface area contributed by atoms with E-state index in [1.165, 1.54) is 51.4 Å². The van der Waals surface area contributed by atoms with E-state index in [0.717, 1.165) is 12.8 Å². The van der Waals surface area contributed by atoms with Gasteiger partial charge in [-0.15, -0.1) is 0 Å². The van der Waals surface area contributed by atoms with Crippen LogP contribution in [-0.2, 0) is 4.79 Å². The van der Waals surface area contributed by atoms with Crippen molar-refractivity contribution in [1.29, 1.82) is 0 Å². The first-order chi connectivity index (χ1) is 10.7. The second-order valence-corrected chi connectivity index (χ2v) is 8.04. The molecule has 4 heteroatoms. The lowest BCUT2D eigenvalue weighted by molar-refractivity contribution is -0.896. The molecule has 0 aromatic rings. The van der Waals surface area contributed by atoms with E-state index in [4.69, 9.17) is 5.11 Å². The standard InChI is InChI=1S/C19H39NO3/c1-5-6-7-8-9-10-11-12-13-15-19(2,23)17-20(3,4)16-14-18(21)22/h23H,5-17H2,1-4H3/p+1. The second-order valence-electron chi connectivity index (χ2n) is 8.04. The summed E-state index contributed by atoms with van der Waals surface area (Å²) < 4.78 is 0.552. The molecular weight excluding hydrogens is 290 g/mol. The summed E-state index contributed by atoms with van der Waals surface area (Å²) in [4.78, 5) is 10.7. The number of aliphatic hydroxyl groups is 1. The highest BCUT2D eigenvalue weighted by Crippen LogP contribution is 2.20. The Hall–Kier alpha value is -0.610. The molecular formula is C19H40NO3+. The van der Waals surface area contributed by atoms with Crippen molar-refractivity contribution in [1.82, 2.24) is 0 Å². The van der Waals surface area contributed by atoms with Gasteiger partial charge < -0.3 is 14.7 Å². The molecule has 1 atom stereocenters. The van der Waals surface area contributed by atoms with Gasteiger partial charge in [-0.1, -0.05) is 64.7 Å². The molecule has 0 aliphatic heterocycles. The van der Waals surface area contributed by atoms with Crippen LogP contribution >= 0.6 is 0 Å². The third-order valence-electron chi connectivity index (χ3n) is 4.52. The maximum atomic E-state index is 10.7. The minimum Gasteiger partial charge on any atom is -0.481 e. The van der Waals surface area contributed by atoms with Gasteiger partial charge in [0.2, 0.25) is 0 Å². The summed E-state index contributed by atoms with van der Waals surface area (Å²) in [5.41, 5.74) is -0.705. The Morgan fingerprint density at radius 2 is 1.43 bits per heavy atom. The van der Waals surface area contributed by atoms with E-state index in [0.29, 0.717) is 17.6 Å². The monoisotopic (exact) mass is 330 g/mol. The lowest BCUT2D eigenvalue weighted by Crippen LogP contribution is -2.51. The van der Waals surface area contributed by atoms with Crippen LogP contribution < -0.4 is 0 Å². The molecule has 0 bridgehead atoms. The van der Waals surface area contributed by atoms with E-state index in [2.05, 4.69) is 6.92 Å². The topological polar surface area (TPSA) is 57.5 Å². The quantitative estimate of drug-likeness (QED) is 0.349. The Morgan fingerprint density at radius 3 is 1.91 bits per heavy atom. The van der Waals surface area contributed by atoms with Crippen LogP contribution in [0.15, 0.2) is 0 Å². The van der Waals surface area contributed by atoms with E-state index in [-0.39, 0.29) is 6.42 Å². The molecule has 0 radical (unpaired) electrons. The smallest absolute Gasteiger partial charge is 0.309 e. The molecule has 1 unspecified atom stereocenters. The van der Waals surface area contributed by atoms with Gasteiger partial charge in [0.05, 0.1) is 27.1 Å². The van der Waals surface area contributed by atoms with E-state index in [9.17, 15) is 9.90 Å². The molecule has 0 fully saturated rings. The van der Waals surface area contributed by atoms with E-state index in [1.807, 2.05) is 21.0 Å². The van der Waals surface area contributed by atoms with Crippen molar-refractivity contribution in [3.05, 3.63) is 0 Å². The molecule has 0 saturated heterocycles. The highest BCUT2D eigenvalue weighted by atomic mass is 16.4. The Kier molecular flexibility index (Phi) is 11.5. The molecule has 0 spiro atoms. The Labute approximate surface area is 143 Å². The lowest BCUT2D eigenvalue weighted by atomic mass is 9.96. The van der Waals surface area contributed by atoms with Crippen molar-refractivity contribution in [2.45, 2.75) is 90.1 Å². The number of rotatable bonds is 15. The van der Waals surface area contributed by atoms with Crippen molar-refractivity contribution < 1.29 is 19.5 Å². The number of carboxylic acid groups (broad SMARTS) is 1. The Morgan fingerprint density at radius 1 is 0.957 bits per heavy atom. The van der Waals surface area contributed by atoms with E-state index in [1.54, 1.807) is 0 Å². The van der Waals surface area contributed by atoms with Crippen molar-refractivity contribution >= 4 is 5.97 Å². The minimum absolute atomic E-state index is 0.154. The van der Waals surface area contributed by atoms with Crippen molar-refractivity contribution in [2.75, 3.05) is 27.2 Å². The van der Waals surface area contributed by atoms with Gasteiger partial charge in [0.25, 0.3) is 0 Å². The van der Waals surface area contributed by atoms with Crippen LogP contribution in [-0.4, -0.2) is 53.5 Å². The van der Waals surface area contributed by atoms with Crippen LogP contribution in [0.2, 0.25) is 0 Å². The summed E-state index contributed by atoms with van der Waals surface area (Å²) in [6, 6.07) is 0. The van der Waals surface area contributed by atoms with Crippen LogP contribution in [0, 0.1) is 0 Å². The summed E-state index contributed by atoms with van der Waals surface area (Å²) in [5.74, 6) is -0.769. The summed E-state index contributed by atoms with van der Waals surface area (Å²) >= 11 is 0. The molecule has 2 N–H and O–H groups in total. The molecule has 0 amide bonds. The van der Waals surface area contributed by atoms with Gasteiger partial charge in [-0.2, -0.15) is 0 Å². The molecule has 138 valence electrons. The molecule has 0 heterocycles. The predicted octanol–water partition coefficient (Wildman–Crippen LogP) is 4.21. The fraction of sp³-hybridized carbons (Fsp3) is 0.947. The molecule has 23 heavy (non-hydrogen) atoms. The summed E-state index contributed by atoms with van der Waals surface area (Å²) in [6.07, 6.45) is 12.5. The summed E-state index contributed by atoms with van der Waals surface area (Å²) in [7, 11) is 3.99. The number of carbonyl (C=O) groups is 1.